The van der Waals surface area contributed by atoms with Crippen molar-refractivity contribution in [1.82, 2.24) is 10.6 Å². The van der Waals surface area contributed by atoms with E-state index in [2.05, 4.69) is 30.6 Å². The van der Waals surface area contributed by atoms with Crippen molar-refractivity contribution in [2.24, 2.45) is 34.5 Å². The normalized spacial score (nSPS) is 39.6. The van der Waals surface area contributed by atoms with Crippen LogP contribution in [-0.2, 0) is 21.3 Å². The number of benzene rings is 1. The van der Waals surface area contributed by atoms with Crippen LogP contribution in [0.1, 0.15) is 89.2 Å². The Morgan fingerprint density at radius 2 is 1.76 bits per heavy atom. The lowest BCUT2D eigenvalue weighted by Crippen LogP contribution is -2.59. The van der Waals surface area contributed by atoms with Crippen molar-refractivity contribution in [3.05, 3.63) is 47.5 Å². The average Bonchev–Trinajstić information content (AvgIpc) is 3.49. The van der Waals surface area contributed by atoms with Crippen molar-refractivity contribution in [1.29, 1.82) is 0 Å². The fourth-order valence-electron chi connectivity index (χ4n) is 9.54. The maximum absolute atomic E-state index is 14.0. The van der Waals surface area contributed by atoms with Gasteiger partial charge in [-0.2, -0.15) is 13.2 Å². The summed E-state index contributed by atoms with van der Waals surface area (Å²) in [5, 5.41) is 6.55. The van der Waals surface area contributed by atoms with Crippen molar-refractivity contribution in [3.63, 3.8) is 0 Å². The number of alkyl halides is 3. The van der Waals surface area contributed by atoms with Crippen LogP contribution in [0.2, 0.25) is 0 Å². The minimum atomic E-state index is -4.41. The van der Waals surface area contributed by atoms with Gasteiger partial charge in [0.25, 0.3) is 0 Å². The molecule has 4 fully saturated rings. The standard InChI is InChI=1S/C31H39F3N2O2/c1-28-16-12-23-21(8-11-25-29(23,2)17-13-26(37)35-25)22(28)9-10-24(28)27(38)36-30(14-3-4-15-30)19-6-5-7-20(18-19)31(32,33)34/h5-7,13,17-18,21-25H,3-4,8-12,14-16H2,1-2H3,(H,35,37)(H,36,38)/t21-,22-,23+,24?,25?,28-,29+/m0/s1. The van der Waals surface area contributed by atoms with Crippen molar-refractivity contribution >= 4 is 11.8 Å². The molecule has 2 amide bonds. The molecule has 0 saturated heterocycles. The number of hydrogen-bond donors (Lipinski definition) is 2. The third kappa shape index (κ3) is 3.93. The van der Waals surface area contributed by atoms with Crippen molar-refractivity contribution in [2.45, 2.75) is 95.8 Å². The fourth-order valence-corrected chi connectivity index (χ4v) is 9.54. The van der Waals surface area contributed by atoms with E-state index in [4.69, 9.17) is 0 Å². The maximum atomic E-state index is 14.0. The summed E-state index contributed by atoms with van der Waals surface area (Å²) in [4.78, 5) is 26.0. The van der Waals surface area contributed by atoms with Crippen LogP contribution < -0.4 is 10.6 Å². The van der Waals surface area contributed by atoms with Gasteiger partial charge in [-0.25, -0.2) is 0 Å². The molecule has 1 aromatic rings. The molecule has 0 bridgehead atoms. The highest BCUT2D eigenvalue weighted by molar-refractivity contribution is 5.89. The summed E-state index contributed by atoms with van der Waals surface area (Å²) in [6.45, 7) is 4.59. The summed E-state index contributed by atoms with van der Waals surface area (Å²) in [6, 6.07) is 5.75. The molecule has 0 radical (unpaired) electrons. The molecular formula is C31H39F3N2O2. The second-order valence-electron chi connectivity index (χ2n) is 13.2. The van der Waals surface area contributed by atoms with E-state index >= 15 is 0 Å². The average molecular weight is 529 g/mol. The van der Waals surface area contributed by atoms with Crippen LogP contribution in [0.4, 0.5) is 13.2 Å². The summed E-state index contributed by atoms with van der Waals surface area (Å²) in [5.74, 6) is 1.38. The Bertz CT molecular complexity index is 1160. The molecule has 6 rings (SSSR count). The molecule has 0 spiro atoms. The van der Waals surface area contributed by atoms with Crippen LogP contribution in [0.15, 0.2) is 36.4 Å². The Labute approximate surface area is 223 Å². The molecule has 2 N–H and O–H groups in total. The van der Waals surface area contributed by atoms with E-state index in [1.807, 2.05) is 0 Å². The fraction of sp³-hybridized carbons (Fsp3) is 0.677. The number of fused-ring (bicyclic) bond motifs is 5. The molecule has 4 aliphatic carbocycles. The molecule has 4 saturated carbocycles. The molecule has 7 heteroatoms. The monoisotopic (exact) mass is 528 g/mol. The van der Waals surface area contributed by atoms with Gasteiger partial charge in [-0.3, -0.25) is 9.59 Å². The molecule has 206 valence electrons. The maximum Gasteiger partial charge on any atom is 0.416 e. The molecule has 7 atom stereocenters. The largest absolute Gasteiger partial charge is 0.416 e. The Morgan fingerprint density at radius 3 is 2.50 bits per heavy atom. The van der Waals surface area contributed by atoms with Crippen LogP contribution in [-0.4, -0.2) is 17.9 Å². The number of amides is 2. The van der Waals surface area contributed by atoms with E-state index in [-0.39, 0.29) is 34.6 Å². The van der Waals surface area contributed by atoms with Crippen LogP contribution in [0.3, 0.4) is 0 Å². The Balaban J connectivity index is 1.24. The number of carbonyl (C=O) groups excluding carboxylic acids is 2. The van der Waals surface area contributed by atoms with Gasteiger partial charge in [0.15, 0.2) is 0 Å². The van der Waals surface area contributed by atoms with Crippen LogP contribution in [0.25, 0.3) is 0 Å². The van der Waals surface area contributed by atoms with E-state index in [9.17, 15) is 22.8 Å². The lowest BCUT2D eigenvalue weighted by Gasteiger charge is -2.58. The highest BCUT2D eigenvalue weighted by Crippen LogP contribution is 2.65. The van der Waals surface area contributed by atoms with Gasteiger partial charge < -0.3 is 10.6 Å². The highest BCUT2D eigenvalue weighted by atomic mass is 19.4. The zero-order valence-electron chi connectivity index (χ0n) is 22.4. The molecule has 1 aliphatic heterocycles. The first kappa shape index (κ1) is 25.9. The van der Waals surface area contributed by atoms with Crippen LogP contribution >= 0.6 is 0 Å². The van der Waals surface area contributed by atoms with Gasteiger partial charge in [-0.15, -0.1) is 0 Å². The van der Waals surface area contributed by atoms with Crippen molar-refractivity contribution in [2.75, 3.05) is 0 Å². The van der Waals surface area contributed by atoms with E-state index in [0.29, 0.717) is 36.2 Å². The summed E-state index contributed by atoms with van der Waals surface area (Å²) in [5.41, 5.74) is -0.946. The van der Waals surface area contributed by atoms with E-state index in [0.717, 1.165) is 57.4 Å². The topological polar surface area (TPSA) is 58.2 Å². The molecule has 4 nitrogen and oxygen atoms in total. The number of rotatable bonds is 3. The summed E-state index contributed by atoms with van der Waals surface area (Å²) in [7, 11) is 0. The summed E-state index contributed by atoms with van der Waals surface area (Å²) < 4.78 is 40.5. The number of hydrogen-bond acceptors (Lipinski definition) is 2. The third-order valence-corrected chi connectivity index (χ3v) is 11.6. The molecule has 1 heterocycles. The molecular weight excluding hydrogens is 489 g/mol. The highest BCUT2D eigenvalue weighted by Gasteiger charge is 2.61. The zero-order chi connectivity index (χ0) is 26.9. The molecule has 38 heavy (non-hydrogen) atoms. The summed E-state index contributed by atoms with van der Waals surface area (Å²) in [6.07, 6.45) is 8.48. The lowest BCUT2D eigenvalue weighted by molar-refractivity contribution is -0.137. The number of nitrogens with one attached hydrogen (secondary N) is 2. The van der Waals surface area contributed by atoms with Crippen LogP contribution in [0.5, 0.6) is 0 Å². The molecule has 5 aliphatic rings. The van der Waals surface area contributed by atoms with E-state index in [1.54, 1.807) is 12.1 Å². The van der Waals surface area contributed by atoms with Gasteiger partial charge in [0.05, 0.1) is 11.1 Å². The number of carbonyl (C=O) groups is 2. The van der Waals surface area contributed by atoms with E-state index in [1.165, 1.54) is 12.1 Å². The quantitative estimate of drug-likeness (QED) is 0.470. The van der Waals surface area contributed by atoms with Crippen molar-refractivity contribution < 1.29 is 22.8 Å². The summed E-state index contributed by atoms with van der Waals surface area (Å²) >= 11 is 0. The second kappa shape index (κ2) is 8.85. The van der Waals surface area contributed by atoms with E-state index < -0.39 is 17.3 Å². The zero-order valence-corrected chi connectivity index (χ0v) is 22.4. The van der Waals surface area contributed by atoms with Crippen molar-refractivity contribution in [3.8, 4) is 0 Å². The van der Waals surface area contributed by atoms with Gasteiger partial charge >= 0.3 is 6.18 Å². The minimum absolute atomic E-state index is 0.00536. The predicted octanol–water partition coefficient (Wildman–Crippen LogP) is 6.50. The SMILES string of the molecule is C[C@]12C=CC(=O)NC1CC[C@@H]1[C@H]2CC[C@]2(C)C(C(=O)NC3(c4cccc(C(F)(F)F)c4)CCCC3)CC[C@@H]12. The Kier molecular flexibility index (Phi) is 6.04. The molecule has 1 aromatic carbocycles. The Morgan fingerprint density at radius 1 is 1.00 bits per heavy atom. The molecule has 2 unspecified atom stereocenters. The van der Waals surface area contributed by atoms with Gasteiger partial charge in [0.1, 0.15) is 0 Å². The Hall–Kier alpha value is -2.31. The second-order valence-corrected chi connectivity index (χ2v) is 13.2. The lowest BCUT2D eigenvalue weighted by atomic mass is 9.48. The van der Waals surface area contributed by atoms with Gasteiger partial charge in [-0.05, 0) is 98.3 Å². The minimum Gasteiger partial charge on any atom is -0.349 e. The first-order chi connectivity index (χ1) is 18.0. The number of halogens is 3. The van der Waals surface area contributed by atoms with Crippen LogP contribution in [0, 0.1) is 34.5 Å². The smallest absolute Gasteiger partial charge is 0.349 e. The predicted molar refractivity (Wildman–Crippen MR) is 139 cm³/mol. The first-order valence-corrected chi connectivity index (χ1v) is 14.5. The van der Waals surface area contributed by atoms with Gasteiger partial charge in [-0.1, -0.05) is 44.9 Å². The first-order valence-electron chi connectivity index (χ1n) is 14.5. The molecule has 0 aromatic heterocycles. The van der Waals surface area contributed by atoms with Gasteiger partial charge in [0.2, 0.25) is 11.8 Å². The third-order valence-electron chi connectivity index (χ3n) is 11.6. The van der Waals surface area contributed by atoms with Gasteiger partial charge in [0, 0.05) is 17.4 Å².